The predicted molar refractivity (Wildman–Crippen MR) is 78.8 cm³/mol. The Morgan fingerprint density at radius 2 is 1.68 bits per heavy atom. The molecule has 0 aromatic heterocycles. The van der Waals surface area contributed by atoms with Crippen LogP contribution in [0.3, 0.4) is 0 Å². The van der Waals surface area contributed by atoms with E-state index < -0.39 is 73.9 Å². The summed E-state index contributed by atoms with van der Waals surface area (Å²) in [4.78, 5) is 11.3. The summed E-state index contributed by atoms with van der Waals surface area (Å²) in [5.74, 6) is -0.537. The van der Waals surface area contributed by atoms with Gasteiger partial charge in [-0.2, -0.15) is 0 Å². The second-order valence-electron chi connectivity index (χ2n) is 6.25. The molecule has 0 saturated carbocycles. The normalized spacial score (nSPS) is 48.2. The maximum Gasteiger partial charge on any atom is 0.217 e. The maximum atomic E-state index is 11.3. The highest BCUT2D eigenvalue weighted by molar-refractivity contribution is 5.73. The van der Waals surface area contributed by atoms with Gasteiger partial charge in [0.1, 0.15) is 42.7 Å². The Morgan fingerprint density at radius 1 is 1.04 bits per heavy atom. The van der Waals surface area contributed by atoms with Crippen molar-refractivity contribution in [3.63, 3.8) is 0 Å². The van der Waals surface area contributed by atoms with Crippen molar-refractivity contribution in [3.05, 3.63) is 0 Å². The molecular weight excluding hydrogens is 342 g/mol. The zero-order valence-electron chi connectivity index (χ0n) is 13.8. The Hall–Kier alpha value is -0.890. The van der Waals surface area contributed by atoms with Crippen molar-refractivity contribution in [1.29, 1.82) is 0 Å². The fourth-order valence-electron chi connectivity index (χ4n) is 2.92. The number of rotatable bonds is 4. The van der Waals surface area contributed by atoms with E-state index in [4.69, 9.17) is 14.2 Å². The number of aliphatic hydroxyl groups excluding tert-OH is 6. The first-order chi connectivity index (χ1) is 11.7. The van der Waals surface area contributed by atoms with Crippen molar-refractivity contribution in [2.45, 2.75) is 75.2 Å². The van der Waals surface area contributed by atoms with Gasteiger partial charge < -0.3 is 50.2 Å². The largest absolute Gasteiger partial charge is 0.394 e. The summed E-state index contributed by atoms with van der Waals surface area (Å²) >= 11 is 0. The van der Waals surface area contributed by atoms with Crippen LogP contribution in [0.1, 0.15) is 13.8 Å². The van der Waals surface area contributed by atoms with E-state index >= 15 is 0 Å². The van der Waals surface area contributed by atoms with Crippen LogP contribution in [0.2, 0.25) is 0 Å². The second-order valence-corrected chi connectivity index (χ2v) is 6.25. The molecule has 2 saturated heterocycles. The lowest BCUT2D eigenvalue weighted by Gasteiger charge is -2.46. The minimum Gasteiger partial charge on any atom is -0.394 e. The topological polar surface area (TPSA) is 178 Å². The average molecular weight is 367 g/mol. The van der Waals surface area contributed by atoms with Gasteiger partial charge in [-0.15, -0.1) is 0 Å². The summed E-state index contributed by atoms with van der Waals surface area (Å²) in [7, 11) is 0. The first kappa shape index (κ1) is 20.4. The zero-order valence-corrected chi connectivity index (χ0v) is 13.8. The van der Waals surface area contributed by atoms with Gasteiger partial charge in [0.25, 0.3) is 0 Å². The molecule has 0 aliphatic carbocycles. The zero-order chi connectivity index (χ0) is 18.9. The Balaban J connectivity index is 2.20. The van der Waals surface area contributed by atoms with Crippen molar-refractivity contribution in [3.8, 4) is 0 Å². The number of amides is 1. The SMILES string of the molecule is CC(=O)N[C@H]1[C@@H](O[C@@H]2O[C@H](C)[C@H](O)[C@@H](O)[C@@H]2O)[C@@H](O)[C@@H](CO)O[C@H]1O. The van der Waals surface area contributed by atoms with Gasteiger partial charge in [-0.1, -0.05) is 0 Å². The number of hydrogen-bond acceptors (Lipinski definition) is 10. The molecule has 0 aromatic rings. The molecule has 2 aliphatic heterocycles. The van der Waals surface area contributed by atoms with Crippen LogP contribution in [0.4, 0.5) is 0 Å². The third-order valence-electron chi connectivity index (χ3n) is 4.34. The molecular formula is C14H25NO10. The Bertz CT molecular complexity index is 465. The smallest absolute Gasteiger partial charge is 0.217 e. The van der Waals surface area contributed by atoms with Gasteiger partial charge in [0.15, 0.2) is 12.6 Å². The molecule has 1 amide bonds. The second kappa shape index (κ2) is 8.20. The van der Waals surface area contributed by atoms with Crippen molar-refractivity contribution in [2.24, 2.45) is 0 Å². The average Bonchev–Trinajstić information content (AvgIpc) is 2.56. The minimum atomic E-state index is -1.64. The summed E-state index contributed by atoms with van der Waals surface area (Å²) in [6.45, 7) is 2.01. The van der Waals surface area contributed by atoms with Crippen molar-refractivity contribution in [1.82, 2.24) is 5.32 Å². The fraction of sp³-hybridized carbons (Fsp3) is 0.929. The number of aliphatic hydroxyl groups is 6. The van der Waals surface area contributed by atoms with Gasteiger partial charge in [0.2, 0.25) is 5.91 Å². The highest BCUT2D eigenvalue weighted by Crippen LogP contribution is 2.28. The lowest BCUT2D eigenvalue weighted by molar-refractivity contribution is -0.337. The van der Waals surface area contributed by atoms with Gasteiger partial charge in [-0.25, -0.2) is 0 Å². The van der Waals surface area contributed by atoms with Crippen LogP contribution >= 0.6 is 0 Å². The molecule has 2 rings (SSSR count). The molecule has 0 aromatic carbocycles. The molecule has 0 unspecified atom stereocenters. The first-order valence-corrected chi connectivity index (χ1v) is 7.92. The van der Waals surface area contributed by atoms with Crippen LogP contribution in [0.25, 0.3) is 0 Å². The minimum absolute atomic E-state index is 0.537. The monoisotopic (exact) mass is 367 g/mol. The number of carbonyl (C=O) groups excluding carboxylic acids is 1. The van der Waals surface area contributed by atoms with Crippen LogP contribution in [0.15, 0.2) is 0 Å². The third-order valence-corrected chi connectivity index (χ3v) is 4.34. The van der Waals surface area contributed by atoms with Crippen LogP contribution in [-0.2, 0) is 19.0 Å². The van der Waals surface area contributed by atoms with Gasteiger partial charge in [0, 0.05) is 6.92 Å². The standard InChI is InChI=1S/C14H25NO10/c1-4-8(18)10(20)11(21)14(23-4)25-12-7(15-5(2)17)13(22)24-6(3-16)9(12)19/h4,6-14,16,18-22H,3H2,1-2H3,(H,15,17)/t4-,6-,7+,8+,9+,10-,11+,12-,13-,14+/m1/s1. The van der Waals surface area contributed by atoms with Crippen LogP contribution in [-0.4, -0.2) is 105 Å². The highest BCUT2D eigenvalue weighted by Gasteiger charge is 2.50. The van der Waals surface area contributed by atoms with E-state index in [2.05, 4.69) is 5.32 Å². The lowest BCUT2D eigenvalue weighted by atomic mass is 9.95. The fourth-order valence-corrected chi connectivity index (χ4v) is 2.92. The molecule has 11 heteroatoms. The molecule has 7 N–H and O–H groups in total. The molecule has 0 bridgehead atoms. The molecule has 11 nitrogen and oxygen atoms in total. The summed E-state index contributed by atoms with van der Waals surface area (Å²) in [6.07, 6.45) is -12.4. The number of carbonyl (C=O) groups is 1. The van der Waals surface area contributed by atoms with E-state index in [9.17, 15) is 35.4 Å². The molecule has 2 heterocycles. The van der Waals surface area contributed by atoms with E-state index in [1.54, 1.807) is 0 Å². The number of nitrogens with one attached hydrogen (secondary N) is 1. The summed E-state index contributed by atoms with van der Waals surface area (Å²) < 4.78 is 15.8. The predicted octanol–water partition coefficient (Wildman–Crippen LogP) is -4.23. The van der Waals surface area contributed by atoms with Gasteiger partial charge in [0.05, 0.1) is 12.7 Å². The van der Waals surface area contributed by atoms with Crippen LogP contribution < -0.4 is 5.32 Å². The van der Waals surface area contributed by atoms with Crippen LogP contribution in [0.5, 0.6) is 0 Å². The quantitative estimate of drug-likeness (QED) is 0.257. The molecule has 10 atom stereocenters. The summed E-state index contributed by atoms with van der Waals surface area (Å²) in [5.41, 5.74) is 0. The Labute approximate surface area is 143 Å². The molecule has 0 spiro atoms. The van der Waals surface area contributed by atoms with E-state index in [1.807, 2.05) is 0 Å². The van der Waals surface area contributed by atoms with E-state index in [0.29, 0.717) is 0 Å². The van der Waals surface area contributed by atoms with Gasteiger partial charge in [-0.3, -0.25) is 4.79 Å². The van der Waals surface area contributed by atoms with Crippen molar-refractivity contribution >= 4 is 5.91 Å². The number of ether oxygens (including phenoxy) is 3. The first-order valence-electron chi connectivity index (χ1n) is 7.92. The van der Waals surface area contributed by atoms with E-state index in [-0.39, 0.29) is 0 Å². The summed E-state index contributed by atoms with van der Waals surface area (Å²) in [5, 5.41) is 61.5. The molecule has 25 heavy (non-hydrogen) atoms. The lowest BCUT2D eigenvalue weighted by Crippen LogP contribution is -2.67. The van der Waals surface area contributed by atoms with E-state index in [0.717, 1.165) is 0 Å². The highest BCUT2D eigenvalue weighted by atomic mass is 16.7. The van der Waals surface area contributed by atoms with Crippen LogP contribution in [0, 0.1) is 0 Å². The molecule has 146 valence electrons. The van der Waals surface area contributed by atoms with Gasteiger partial charge in [-0.05, 0) is 6.92 Å². The molecule has 0 radical (unpaired) electrons. The Kier molecular flexibility index (Phi) is 6.70. The Morgan fingerprint density at radius 3 is 2.24 bits per heavy atom. The number of hydrogen-bond donors (Lipinski definition) is 7. The maximum absolute atomic E-state index is 11.3. The van der Waals surface area contributed by atoms with E-state index in [1.165, 1.54) is 13.8 Å². The third kappa shape index (κ3) is 4.27. The summed E-state index contributed by atoms with van der Waals surface area (Å²) in [6, 6.07) is -1.22. The van der Waals surface area contributed by atoms with Crippen molar-refractivity contribution in [2.75, 3.05) is 6.61 Å². The van der Waals surface area contributed by atoms with Gasteiger partial charge >= 0.3 is 0 Å². The molecule has 2 aliphatic rings. The van der Waals surface area contributed by atoms with Crippen molar-refractivity contribution < 1.29 is 49.6 Å². The molecule has 2 fully saturated rings.